The van der Waals surface area contributed by atoms with Crippen molar-refractivity contribution in [2.75, 3.05) is 36.5 Å². The van der Waals surface area contributed by atoms with E-state index in [1.165, 1.54) is 0 Å². The highest BCUT2D eigenvalue weighted by molar-refractivity contribution is 6.09. The lowest BCUT2D eigenvalue weighted by Gasteiger charge is -2.56. The third-order valence-corrected chi connectivity index (χ3v) is 7.65. The number of aromatic nitrogens is 4. The summed E-state index contributed by atoms with van der Waals surface area (Å²) in [6.45, 7) is 5.41. The van der Waals surface area contributed by atoms with E-state index in [9.17, 15) is 13.6 Å². The average molecular weight is 507 g/mol. The Kier molecular flexibility index (Phi) is 4.87. The molecule has 0 unspecified atom stereocenters. The predicted octanol–water partition coefficient (Wildman–Crippen LogP) is 4.15. The number of amides is 1. The van der Waals surface area contributed by atoms with Crippen molar-refractivity contribution in [2.24, 2.45) is 11.3 Å². The van der Waals surface area contributed by atoms with E-state index in [4.69, 9.17) is 9.26 Å². The van der Waals surface area contributed by atoms with Crippen LogP contribution in [-0.4, -0.2) is 58.4 Å². The van der Waals surface area contributed by atoms with E-state index >= 15 is 0 Å². The monoisotopic (exact) mass is 506 g/mol. The van der Waals surface area contributed by atoms with Gasteiger partial charge in [0.2, 0.25) is 18.1 Å². The zero-order valence-electron chi connectivity index (χ0n) is 20.0. The number of nitrogens with one attached hydrogen (secondary N) is 1. The Balaban J connectivity index is 1.11. The van der Waals surface area contributed by atoms with Crippen molar-refractivity contribution in [1.82, 2.24) is 19.8 Å². The molecule has 0 radical (unpaired) electrons. The topological polar surface area (TPSA) is 97.8 Å². The minimum absolute atomic E-state index is 0.228. The molecule has 1 amide bonds. The van der Waals surface area contributed by atoms with Crippen molar-refractivity contribution < 1.29 is 22.8 Å². The van der Waals surface area contributed by atoms with Crippen molar-refractivity contribution >= 4 is 22.8 Å². The minimum atomic E-state index is -2.39. The number of carbonyl (C=O) groups is 1. The lowest BCUT2D eigenvalue weighted by molar-refractivity contribution is -0.127. The summed E-state index contributed by atoms with van der Waals surface area (Å²) in [5.74, 6) is -0.870. The maximum absolute atomic E-state index is 13.3. The molecule has 3 aromatic heterocycles. The first kappa shape index (κ1) is 22.3. The van der Waals surface area contributed by atoms with Crippen LogP contribution in [0.5, 0.6) is 0 Å². The van der Waals surface area contributed by atoms with Crippen LogP contribution in [0, 0.1) is 18.3 Å². The summed E-state index contributed by atoms with van der Waals surface area (Å²) in [5.41, 5.74) is 4.59. The molecule has 5 heterocycles. The highest BCUT2D eigenvalue weighted by atomic mass is 19.3. The highest BCUT2D eigenvalue weighted by Gasteiger charge is 2.49. The first-order valence-corrected chi connectivity index (χ1v) is 12.2. The molecule has 3 fully saturated rings. The second kappa shape index (κ2) is 8.07. The number of ether oxygens (including phenoxy) is 1. The largest absolute Gasteiger partial charge is 0.380 e. The summed E-state index contributed by atoms with van der Waals surface area (Å²) in [7, 11) is 0. The summed E-state index contributed by atoms with van der Waals surface area (Å²) in [6.07, 6.45) is 1.38. The van der Waals surface area contributed by atoms with Crippen molar-refractivity contribution in [3.8, 4) is 11.4 Å². The van der Waals surface area contributed by atoms with E-state index in [1.807, 2.05) is 37.4 Å². The standard InChI is InChI=1S/C26H24F2N6O3/c1-14-2-3-15(23-31-25(37-32-23)18-8-17(18)22(27)28)6-20(14)30-24(35)19-9-29-34-5-4-16(7-21(19)34)33-10-26(11-33)12-36-13-26/h2-7,9,17-18,22H,8,10-13H2,1H3,(H,30,35)/t17-,18-/m1/s1. The van der Waals surface area contributed by atoms with Gasteiger partial charge in [-0.15, -0.1) is 0 Å². The van der Waals surface area contributed by atoms with Crippen LogP contribution >= 0.6 is 0 Å². The second-order valence-corrected chi connectivity index (χ2v) is 10.4. The molecule has 2 aliphatic heterocycles. The number of rotatable bonds is 6. The third kappa shape index (κ3) is 3.76. The van der Waals surface area contributed by atoms with E-state index in [-0.39, 0.29) is 17.2 Å². The third-order valence-electron chi connectivity index (χ3n) is 7.65. The Morgan fingerprint density at radius 3 is 2.78 bits per heavy atom. The SMILES string of the molecule is Cc1ccc(-c2noc([C@@H]3C[C@H]3C(F)F)n2)cc1NC(=O)c1cnn2ccc(N3CC4(COC4)C3)cc12. The molecular weight excluding hydrogens is 482 g/mol. The number of alkyl halides is 2. The summed E-state index contributed by atoms with van der Waals surface area (Å²) >= 11 is 0. The molecular formula is C26H24F2N6O3. The van der Waals surface area contributed by atoms with Gasteiger partial charge in [0.1, 0.15) is 0 Å². The number of hydrogen-bond acceptors (Lipinski definition) is 7. The van der Waals surface area contributed by atoms with Gasteiger partial charge in [0.05, 0.1) is 35.9 Å². The van der Waals surface area contributed by atoms with Gasteiger partial charge in [-0.1, -0.05) is 17.3 Å². The van der Waals surface area contributed by atoms with E-state index in [1.54, 1.807) is 16.8 Å². The van der Waals surface area contributed by atoms with Crippen molar-refractivity contribution in [2.45, 2.75) is 25.7 Å². The van der Waals surface area contributed by atoms with Crippen molar-refractivity contribution in [1.29, 1.82) is 0 Å². The molecule has 190 valence electrons. The minimum Gasteiger partial charge on any atom is -0.380 e. The van der Waals surface area contributed by atoms with Crippen LogP contribution in [0.4, 0.5) is 20.2 Å². The molecule has 4 aromatic rings. The van der Waals surface area contributed by atoms with Gasteiger partial charge in [-0.2, -0.15) is 10.1 Å². The number of halogens is 2. The summed E-state index contributed by atoms with van der Waals surface area (Å²) in [5, 5.41) is 11.3. The van der Waals surface area contributed by atoms with Gasteiger partial charge < -0.3 is 19.5 Å². The van der Waals surface area contributed by atoms with Gasteiger partial charge in [-0.25, -0.2) is 13.3 Å². The van der Waals surface area contributed by atoms with Crippen LogP contribution in [0.25, 0.3) is 16.9 Å². The fraction of sp³-hybridized carbons (Fsp3) is 0.385. The molecule has 1 spiro atoms. The van der Waals surface area contributed by atoms with Gasteiger partial charge in [-0.05, 0) is 37.1 Å². The van der Waals surface area contributed by atoms with E-state index in [0.29, 0.717) is 29.1 Å². The van der Waals surface area contributed by atoms with Gasteiger partial charge in [-0.3, -0.25) is 4.79 Å². The molecule has 1 saturated carbocycles. The van der Waals surface area contributed by atoms with Crippen LogP contribution < -0.4 is 10.2 Å². The lowest BCUT2D eigenvalue weighted by atomic mass is 9.78. The van der Waals surface area contributed by atoms with Crippen molar-refractivity contribution in [3.05, 3.63) is 59.7 Å². The van der Waals surface area contributed by atoms with Crippen LogP contribution in [-0.2, 0) is 4.74 Å². The molecule has 0 bridgehead atoms. The number of fused-ring (bicyclic) bond motifs is 1. The Morgan fingerprint density at radius 2 is 2.05 bits per heavy atom. The molecule has 2 saturated heterocycles. The number of carbonyl (C=O) groups excluding carboxylic acids is 1. The Bertz CT molecular complexity index is 1520. The normalized spacial score (nSPS) is 21.8. The maximum Gasteiger partial charge on any atom is 0.259 e. The number of hydrogen-bond donors (Lipinski definition) is 1. The van der Waals surface area contributed by atoms with Gasteiger partial charge >= 0.3 is 0 Å². The smallest absolute Gasteiger partial charge is 0.259 e. The van der Waals surface area contributed by atoms with Crippen molar-refractivity contribution in [3.63, 3.8) is 0 Å². The molecule has 2 atom stereocenters. The number of pyridine rings is 1. The average Bonchev–Trinajstić information content (AvgIpc) is 3.28. The number of anilines is 2. The number of aryl methyl sites for hydroxylation is 1. The summed E-state index contributed by atoms with van der Waals surface area (Å²) in [4.78, 5) is 19.9. The fourth-order valence-electron chi connectivity index (χ4n) is 5.23. The Hall–Kier alpha value is -3.86. The van der Waals surface area contributed by atoms with Crippen LogP contribution in [0.1, 0.15) is 34.2 Å². The maximum atomic E-state index is 13.3. The van der Waals surface area contributed by atoms with Crippen LogP contribution in [0.15, 0.2) is 47.2 Å². The van der Waals surface area contributed by atoms with E-state index in [0.717, 1.165) is 43.1 Å². The van der Waals surface area contributed by atoms with Gasteiger partial charge in [0.25, 0.3) is 5.91 Å². The molecule has 1 aliphatic carbocycles. The van der Waals surface area contributed by atoms with E-state index < -0.39 is 18.3 Å². The molecule has 3 aliphatic rings. The predicted molar refractivity (Wildman–Crippen MR) is 130 cm³/mol. The lowest BCUT2D eigenvalue weighted by Crippen LogP contribution is -2.66. The zero-order chi connectivity index (χ0) is 25.3. The fourth-order valence-corrected chi connectivity index (χ4v) is 5.23. The molecule has 9 nitrogen and oxygen atoms in total. The van der Waals surface area contributed by atoms with Gasteiger partial charge in [0.15, 0.2) is 0 Å². The van der Waals surface area contributed by atoms with E-state index in [2.05, 4.69) is 25.5 Å². The van der Waals surface area contributed by atoms with Crippen LogP contribution in [0.3, 0.4) is 0 Å². The number of nitrogens with zero attached hydrogens (tertiary/aromatic N) is 5. The molecule has 7 rings (SSSR count). The van der Waals surface area contributed by atoms with Crippen LogP contribution in [0.2, 0.25) is 0 Å². The van der Waals surface area contributed by atoms with Gasteiger partial charge in [0, 0.05) is 48.1 Å². The Morgan fingerprint density at radius 1 is 1.22 bits per heavy atom. The zero-order valence-corrected chi connectivity index (χ0v) is 20.0. The molecule has 1 aromatic carbocycles. The first-order chi connectivity index (χ1) is 17.9. The summed E-state index contributed by atoms with van der Waals surface area (Å²) in [6, 6.07) is 9.41. The molecule has 37 heavy (non-hydrogen) atoms. The molecule has 1 N–H and O–H groups in total. The highest BCUT2D eigenvalue weighted by Crippen LogP contribution is 2.50. The Labute approximate surface area is 210 Å². The second-order valence-electron chi connectivity index (χ2n) is 10.4. The first-order valence-electron chi connectivity index (χ1n) is 12.2. The summed E-state index contributed by atoms with van der Waals surface area (Å²) < 4.78 is 38.1. The quantitative estimate of drug-likeness (QED) is 0.420. The number of benzene rings is 1. The molecule has 11 heteroatoms.